The average Bonchev–Trinajstić information content (AvgIpc) is 3.29. The molecule has 0 bridgehead atoms. The van der Waals surface area contributed by atoms with Crippen LogP contribution < -0.4 is 0 Å². The second kappa shape index (κ2) is 52.2. The number of esters is 3. The number of carbonyl (C=O) groups is 3. The molecule has 64 heavy (non-hydrogen) atoms. The summed E-state index contributed by atoms with van der Waals surface area (Å²) in [6, 6.07) is 0. The van der Waals surface area contributed by atoms with Crippen LogP contribution in [0, 0.1) is 0 Å². The van der Waals surface area contributed by atoms with Gasteiger partial charge in [-0.1, -0.05) is 215 Å². The van der Waals surface area contributed by atoms with Crippen molar-refractivity contribution in [2.75, 3.05) is 13.2 Å². The largest absolute Gasteiger partial charge is 0.462 e. The number of rotatable bonds is 47. The first kappa shape index (κ1) is 60.6. The molecule has 1 atom stereocenters. The SMILES string of the molecule is CCCCC/C=C\C/C=C\C/C=C\C/C=C\CCCC(=O)OC[C@@H](COC(=O)CCCCCCCCCCCCCC)OC(=O)CCCCCC/C=C\C/C=C\C/C=C\CCCCC. The maximum atomic E-state index is 12.8. The van der Waals surface area contributed by atoms with Gasteiger partial charge in [-0.3, -0.25) is 14.4 Å². The molecule has 0 heterocycles. The van der Waals surface area contributed by atoms with Gasteiger partial charge in [-0.15, -0.1) is 0 Å². The number of ether oxygens (including phenoxy) is 3. The second-order valence-corrected chi connectivity index (χ2v) is 17.4. The molecule has 0 unspecified atom stereocenters. The number of allylic oxidation sites excluding steroid dienone is 14. The van der Waals surface area contributed by atoms with E-state index in [0.29, 0.717) is 19.3 Å². The summed E-state index contributed by atoms with van der Waals surface area (Å²) < 4.78 is 16.7. The maximum Gasteiger partial charge on any atom is 0.306 e. The third-order valence-corrected chi connectivity index (χ3v) is 11.1. The van der Waals surface area contributed by atoms with Crippen molar-refractivity contribution < 1.29 is 28.6 Å². The van der Waals surface area contributed by atoms with Gasteiger partial charge < -0.3 is 14.2 Å². The minimum Gasteiger partial charge on any atom is -0.462 e. The van der Waals surface area contributed by atoms with Crippen LogP contribution in [-0.2, 0) is 28.6 Å². The molecule has 0 aromatic carbocycles. The van der Waals surface area contributed by atoms with Crippen LogP contribution in [0.5, 0.6) is 0 Å². The van der Waals surface area contributed by atoms with Crippen molar-refractivity contribution in [1.82, 2.24) is 0 Å². The van der Waals surface area contributed by atoms with Gasteiger partial charge in [-0.2, -0.15) is 0 Å². The third kappa shape index (κ3) is 49.6. The van der Waals surface area contributed by atoms with E-state index < -0.39 is 6.10 Å². The predicted molar refractivity (Wildman–Crippen MR) is 274 cm³/mol. The van der Waals surface area contributed by atoms with E-state index >= 15 is 0 Å². The fraction of sp³-hybridized carbons (Fsp3) is 0.707. The van der Waals surface area contributed by atoms with Crippen molar-refractivity contribution in [3.05, 3.63) is 85.1 Å². The summed E-state index contributed by atoms with van der Waals surface area (Å²) >= 11 is 0. The monoisotopic (exact) mass is 891 g/mol. The second-order valence-electron chi connectivity index (χ2n) is 17.4. The molecule has 0 amide bonds. The number of carbonyl (C=O) groups excluding carboxylic acids is 3. The first-order valence-corrected chi connectivity index (χ1v) is 26.6. The van der Waals surface area contributed by atoms with Crippen molar-refractivity contribution in [1.29, 1.82) is 0 Å². The summed E-state index contributed by atoms with van der Waals surface area (Å²) in [6.07, 6.45) is 67.1. The molecule has 0 aliphatic carbocycles. The Balaban J connectivity index is 4.51. The van der Waals surface area contributed by atoms with E-state index in [9.17, 15) is 14.4 Å². The van der Waals surface area contributed by atoms with Gasteiger partial charge in [0, 0.05) is 19.3 Å². The molecule has 0 radical (unpaired) electrons. The molecule has 6 heteroatoms. The standard InChI is InChI=1S/C58H98O6/c1-4-7-10-13-16-19-22-25-27-29-31-33-36-39-42-45-48-51-57(60)63-54-55(53-62-56(59)50-47-44-41-38-35-24-21-18-15-12-9-6-3)64-58(61)52-49-46-43-40-37-34-32-30-28-26-23-20-17-14-11-8-5-2/h16-17,19-20,25-28,31-34,39,42,55H,4-15,18,21-24,29-30,35-38,40-41,43-54H2,1-3H3/b19-16-,20-17-,27-25-,28-26-,33-31-,34-32-,42-39-/t55-/m1/s1. The van der Waals surface area contributed by atoms with Crippen molar-refractivity contribution in [2.45, 2.75) is 252 Å². The Hall–Kier alpha value is -3.41. The summed E-state index contributed by atoms with van der Waals surface area (Å²) in [5, 5.41) is 0. The van der Waals surface area contributed by atoms with Crippen LogP contribution in [0.15, 0.2) is 85.1 Å². The average molecular weight is 891 g/mol. The lowest BCUT2D eigenvalue weighted by Gasteiger charge is -2.18. The Labute approximate surface area is 395 Å². The van der Waals surface area contributed by atoms with Gasteiger partial charge in [0.15, 0.2) is 6.10 Å². The van der Waals surface area contributed by atoms with Crippen LogP contribution in [0.1, 0.15) is 245 Å². The highest BCUT2D eigenvalue weighted by Crippen LogP contribution is 2.14. The molecular formula is C58H98O6. The van der Waals surface area contributed by atoms with Gasteiger partial charge in [-0.05, 0) is 96.3 Å². The topological polar surface area (TPSA) is 78.9 Å². The van der Waals surface area contributed by atoms with Crippen LogP contribution in [0.3, 0.4) is 0 Å². The molecule has 0 spiro atoms. The number of hydrogen-bond acceptors (Lipinski definition) is 6. The molecule has 0 rings (SSSR count). The van der Waals surface area contributed by atoms with Crippen LogP contribution in [0.4, 0.5) is 0 Å². The van der Waals surface area contributed by atoms with E-state index in [0.717, 1.165) is 89.9 Å². The van der Waals surface area contributed by atoms with Gasteiger partial charge >= 0.3 is 17.9 Å². The normalized spacial score (nSPS) is 12.7. The van der Waals surface area contributed by atoms with Gasteiger partial charge in [0.05, 0.1) is 0 Å². The number of hydrogen-bond donors (Lipinski definition) is 0. The Bertz CT molecular complexity index is 1250. The van der Waals surface area contributed by atoms with E-state index in [1.807, 2.05) is 0 Å². The zero-order valence-corrected chi connectivity index (χ0v) is 41.8. The minimum atomic E-state index is -0.808. The summed E-state index contributed by atoms with van der Waals surface area (Å²) in [5.74, 6) is -0.981. The zero-order valence-electron chi connectivity index (χ0n) is 41.8. The molecular weight excluding hydrogens is 793 g/mol. The molecule has 0 saturated carbocycles. The molecule has 0 aliphatic rings. The Kier molecular flexibility index (Phi) is 49.4. The molecule has 0 saturated heterocycles. The maximum absolute atomic E-state index is 12.8. The highest BCUT2D eigenvalue weighted by atomic mass is 16.6. The van der Waals surface area contributed by atoms with Crippen molar-refractivity contribution in [3.63, 3.8) is 0 Å². The first-order valence-electron chi connectivity index (χ1n) is 26.6. The molecule has 0 aromatic rings. The Morgan fingerprint density at radius 1 is 0.312 bits per heavy atom. The highest BCUT2D eigenvalue weighted by Gasteiger charge is 2.19. The van der Waals surface area contributed by atoms with Crippen LogP contribution in [0.25, 0.3) is 0 Å². The van der Waals surface area contributed by atoms with Crippen LogP contribution in [0.2, 0.25) is 0 Å². The Morgan fingerprint density at radius 2 is 0.578 bits per heavy atom. The summed E-state index contributed by atoms with van der Waals surface area (Å²) in [6.45, 7) is 6.51. The van der Waals surface area contributed by atoms with Crippen LogP contribution >= 0.6 is 0 Å². The summed E-state index contributed by atoms with van der Waals surface area (Å²) in [7, 11) is 0. The van der Waals surface area contributed by atoms with Gasteiger partial charge in [0.2, 0.25) is 0 Å². The lowest BCUT2D eigenvalue weighted by molar-refractivity contribution is -0.167. The van der Waals surface area contributed by atoms with Gasteiger partial charge in [0.1, 0.15) is 13.2 Å². The molecule has 0 aliphatic heterocycles. The Morgan fingerprint density at radius 3 is 0.969 bits per heavy atom. The quantitative estimate of drug-likeness (QED) is 0.0262. The molecule has 366 valence electrons. The third-order valence-electron chi connectivity index (χ3n) is 11.1. The predicted octanol–water partition coefficient (Wildman–Crippen LogP) is 17.6. The fourth-order valence-electron chi connectivity index (χ4n) is 7.09. The van der Waals surface area contributed by atoms with Crippen molar-refractivity contribution in [2.24, 2.45) is 0 Å². The minimum absolute atomic E-state index is 0.102. The van der Waals surface area contributed by atoms with Gasteiger partial charge in [0.25, 0.3) is 0 Å². The van der Waals surface area contributed by atoms with E-state index in [2.05, 4.69) is 106 Å². The van der Waals surface area contributed by atoms with Crippen molar-refractivity contribution >= 4 is 17.9 Å². The van der Waals surface area contributed by atoms with E-state index in [1.54, 1.807) is 0 Å². The summed E-state index contributed by atoms with van der Waals surface area (Å²) in [4.78, 5) is 38.0. The molecule has 0 fully saturated rings. The number of unbranched alkanes of at least 4 members (excludes halogenated alkanes) is 22. The molecule has 0 N–H and O–H groups in total. The van der Waals surface area contributed by atoms with E-state index in [1.165, 1.54) is 109 Å². The van der Waals surface area contributed by atoms with E-state index in [4.69, 9.17) is 14.2 Å². The highest BCUT2D eigenvalue weighted by molar-refractivity contribution is 5.71. The summed E-state index contributed by atoms with van der Waals surface area (Å²) in [5.41, 5.74) is 0. The first-order chi connectivity index (χ1) is 31.5. The lowest BCUT2D eigenvalue weighted by atomic mass is 10.0. The lowest BCUT2D eigenvalue weighted by Crippen LogP contribution is -2.30. The molecule has 0 aromatic heterocycles. The van der Waals surface area contributed by atoms with Gasteiger partial charge in [-0.25, -0.2) is 0 Å². The van der Waals surface area contributed by atoms with Crippen molar-refractivity contribution in [3.8, 4) is 0 Å². The zero-order chi connectivity index (χ0) is 46.5. The van der Waals surface area contributed by atoms with Crippen LogP contribution in [-0.4, -0.2) is 37.2 Å². The smallest absolute Gasteiger partial charge is 0.306 e. The van der Waals surface area contributed by atoms with E-state index in [-0.39, 0.29) is 37.5 Å². The molecule has 6 nitrogen and oxygen atoms in total. The fourth-order valence-corrected chi connectivity index (χ4v) is 7.09.